The fourth-order valence-electron chi connectivity index (χ4n) is 3.54. The molecule has 0 saturated heterocycles. The van der Waals surface area contributed by atoms with Gasteiger partial charge in [0.05, 0.1) is 5.56 Å². The highest BCUT2D eigenvalue weighted by atomic mass is 35.5. The molecule has 0 radical (unpaired) electrons. The van der Waals surface area contributed by atoms with Crippen molar-refractivity contribution >= 4 is 34.1 Å². The van der Waals surface area contributed by atoms with Crippen LogP contribution in [0.3, 0.4) is 0 Å². The molecule has 1 aliphatic rings. The largest absolute Gasteiger partial charge is 0.438 e. The van der Waals surface area contributed by atoms with Crippen LogP contribution in [-0.4, -0.2) is 9.97 Å². The van der Waals surface area contributed by atoms with Crippen molar-refractivity contribution in [2.45, 2.75) is 5.92 Å². The molecule has 0 spiro atoms. The van der Waals surface area contributed by atoms with Crippen LogP contribution in [0.15, 0.2) is 74.7 Å². The number of aromatic amines is 1. The van der Waals surface area contributed by atoms with Gasteiger partial charge in [0.1, 0.15) is 22.7 Å². The molecule has 5 rings (SSSR count). The average molecular weight is 420 g/mol. The van der Waals surface area contributed by atoms with E-state index in [2.05, 4.69) is 9.97 Å². The van der Waals surface area contributed by atoms with Crippen molar-refractivity contribution in [3.05, 3.63) is 103 Å². The number of nitrogen functional groups attached to an aromatic ring is 1. The number of nitrogens with two attached hydrogens (primary N) is 1. The Morgan fingerprint density at radius 1 is 1.07 bits per heavy atom. The smallest absolute Gasteiger partial charge is 0.349 e. The summed E-state index contributed by atoms with van der Waals surface area (Å²) in [4.78, 5) is 31.0. The zero-order valence-electron chi connectivity index (χ0n) is 15.4. The number of nitrogens with zero attached hydrogens (tertiary/aromatic N) is 1. The van der Waals surface area contributed by atoms with Crippen LogP contribution in [0.5, 0.6) is 5.88 Å². The number of fused-ring (bicyclic) bond motifs is 2. The molecule has 1 atom stereocenters. The van der Waals surface area contributed by atoms with Gasteiger partial charge in [-0.25, -0.2) is 9.59 Å². The molecule has 1 aliphatic heterocycles. The third-order valence-electron chi connectivity index (χ3n) is 4.94. The molecule has 1 unspecified atom stereocenters. The zero-order valence-corrected chi connectivity index (χ0v) is 16.1. The maximum absolute atomic E-state index is 12.6. The Morgan fingerprint density at radius 3 is 2.63 bits per heavy atom. The topological polar surface area (TPSA) is 111 Å². The minimum absolute atomic E-state index is 0.0428. The van der Waals surface area contributed by atoms with Gasteiger partial charge in [-0.05, 0) is 35.9 Å². The lowest BCUT2D eigenvalue weighted by Gasteiger charge is -2.25. The molecule has 30 heavy (non-hydrogen) atoms. The zero-order chi connectivity index (χ0) is 20.8. The van der Waals surface area contributed by atoms with Gasteiger partial charge in [-0.2, -0.15) is 4.98 Å². The first-order valence-corrected chi connectivity index (χ1v) is 9.45. The van der Waals surface area contributed by atoms with Crippen molar-refractivity contribution in [1.82, 2.24) is 9.97 Å². The van der Waals surface area contributed by atoms with Gasteiger partial charge in [0.2, 0.25) is 5.88 Å². The highest BCUT2D eigenvalue weighted by Gasteiger charge is 2.30. The van der Waals surface area contributed by atoms with Gasteiger partial charge in [0.15, 0.2) is 0 Å². The summed E-state index contributed by atoms with van der Waals surface area (Å²) in [6.07, 6.45) is 1.75. The van der Waals surface area contributed by atoms with Gasteiger partial charge in [-0.3, -0.25) is 4.98 Å². The van der Waals surface area contributed by atoms with Gasteiger partial charge in [0.25, 0.3) is 0 Å². The number of hydrogen-bond acceptors (Lipinski definition) is 6. The van der Waals surface area contributed by atoms with Crippen LogP contribution in [0.4, 0.5) is 5.82 Å². The molecule has 7 nitrogen and oxygen atoms in total. The molecular weight excluding hydrogens is 406 g/mol. The molecule has 3 N–H and O–H groups in total. The van der Waals surface area contributed by atoms with Crippen LogP contribution in [0.1, 0.15) is 22.6 Å². The number of allylic oxidation sites excluding steroid dienone is 1. The van der Waals surface area contributed by atoms with Gasteiger partial charge < -0.3 is 14.9 Å². The number of H-pyrrole nitrogens is 1. The molecule has 0 fully saturated rings. The molecule has 2 aromatic heterocycles. The molecular formula is C22H14ClN3O4. The number of halogens is 1. The number of rotatable bonds is 2. The number of para-hydroxylation sites is 1. The normalized spacial score (nSPS) is 15.4. The van der Waals surface area contributed by atoms with E-state index < -0.39 is 17.2 Å². The van der Waals surface area contributed by atoms with Crippen molar-refractivity contribution in [2.24, 2.45) is 0 Å². The molecule has 148 valence electrons. The van der Waals surface area contributed by atoms with Crippen LogP contribution in [0, 0.1) is 0 Å². The van der Waals surface area contributed by atoms with Gasteiger partial charge in [-0.15, -0.1) is 0 Å². The minimum Gasteiger partial charge on any atom is -0.438 e. The highest BCUT2D eigenvalue weighted by Crippen LogP contribution is 2.41. The number of nitrogens with one attached hydrogen (secondary N) is 1. The summed E-state index contributed by atoms with van der Waals surface area (Å²) < 4.78 is 11.3. The predicted octanol–water partition coefficient (Wildman–Crippen LogP) is 3.68. The van der Waals surface area contributed by atoms with E-state index in [1.807, 2.05) is 24.3 Å². The Balaban J connectivity index is 1.74. The first-order chi connectivity index (χ1) is 14.5. The maximum atomic E-state index is 12.6. The number of hydrogen-bond donors (Lipinski definition) is 2. The second kappa shape index (κ2) is 6.89. The van der Waals surface area contributed by atoms with Crippen molar-refractivity contribution in [3.63, 3.8) is 0 Å². The Bertz CT molecular complexity index is 1440. The summed E-state index contributed by atoms with van der Waals surface area (Å²) >= 11 is 6.03. The fraction of sp³-hybridized carbons (Fsp3) is 0.0455. The summed E-state index contributed by atoms with van der Waals surface area (Å²) in [5.74, 6) is 0.00254. The lowest BCUT2D eigenvalue weighted by atomic mass is 9.89. The van der Waals surface area contributed by atoms with E-state index in [0.29, 0.717) is 16.2 Å². The van der Waals surface area contributed by atoms with Gasteiger partial charge >= 0.3 is 11.3 Å². The second-order valence-corrected chi connectivity index (χ2v) is 7.26. The Kier molecular flexibility index (Phi) is 4.18. The molecule has 4 aromatic rings. The number of ether oxygens (including phenoxy) is 1. The second-order valence-electron chi connectivity index (χ2n) is 6.82. The summed E-state index contributed by atoms with van der Waals surface area (Å²) in [5.41, 5.74) is 6.91. The van der Waals surface area contributed by atoms with E-state index in [0.717, 1.165) is 10.9 Å². The SMILES string of the molecule is Nc1[nH]c(=O)nc2c1C(c1ccc(Cl)cc1)C=C(c1cc3ccccc3oc1=O)O2. The molecule has 2 aromatic carbocycles. The summed E-state index contributed by atoms with van der Waals surface area (Å²) in [7, 11) is 0. The van der Waals surface area contributed by atoms with Crippen molar-refractivity contribution in [1.29, 1.82) is 0 Å². The molecule has 0 bridgehead atoms. The maximum Gasteiger partial charge on any atom is 0.349 e. The molecule has 8 heteroatoms. The van der Waals surface area contributed by atoms with Crippen molar-refractivity contribution < 1.29 is 9.15 Å². The van der Waals surface area contributed by atoms with E-state index in [-0.39, 0.29) is 23.0 Å². The Labute approximate surface area is 174 Å². The van der Waals surface area contributed by atoms with E-state index in [1.165, 1.54) is 0 Å². The highest BCUT2D eigenvalue weighted by molar-refractivity contribution is 6.30. The Morgan fingerprint density at radius 2 is 1.83 bits per heavy atom. The van der Waals surface area contributed by atoms with E-state index >= 15 is 0 Å². The van der Waals surface area contributed by atoms with Crippen LogP contribution in [0.2, 0.25) is 5.02 Å². The van der Waals surface area contributed by atoms with E-state index in [4.69, 9.17) is 26.5 Å². The standard InChI is InChI=1S/C22H14ClN3O4/c23-13-7-5-11(6-8-13)14-10-17(29-20-18(14)19(24)25-22(28)26-20)15-9-12-3-1-2-4-16(12)30-21(15)27/h1-10,14H,(H3,24,25,26,28). The van der Waals surface area contributed by atoms with E-state index in [1.54, 1.807) is 36.4 Å². The lowest BCUT2D eigenvalue weighted by molar-refractivity contribution is 0.461. The van der Waals surface area contributed by atoms with Crippen LogP contribution in [0.25, 0.3) is 16.7 Å². The minimum atomic E-state index is -0.645. The summed E-state index contributed by atoms with van der Waals surface area (Å²) in [5, 5.41) is 1.32. The van der Waals surface area contributed by atoms with Crippen LogP contribution in [-0.2, 0) is 0 Å². The summed E-state index contributed by atoms with van der Waals surface area (Å²) in [6, 6.07) is 16.0. The number of anilines is 1. The average Bonchev–Trinajstić information content (AvgIpc) is 2.72. The molecule has 0 amide bonds. The number of benzene rings is 2. The predicted molar refractivity (Wildman–Crippen MR) is 114 cm³/mol. The quantitative estimate of drug-likeness (QED) is 0.479. The van der Waals surface area contributed by atoms with Gasteiger partial charge in [-0.1, -0.05) is 41.9 Å². The number of aromatic nitrogens is 2. The van der Waals surface area contributed by atoms with Gasteiger partial charge in [0, 0.05) is 16.3 Å². The first kappa shape index (κ1) is 18.2. The van der Waals surface area contributed by atoms with Crippen LogP contribution < -0.4 is 21.8 Å². The molecule has 0 aliphatic carbocycles. The van der Waals surface area contributed by atoms with Crippen molar-refractivity contribution in [3.8, 4) is 5.88 Å². The van der Waals surface area contributed by atoms with Crippen LogP contribution >= 0.6 is 11.6 Å². The first-order valence-electron chi connectivity index (χ1n) is 9.08. The summed E-state index contributed by atoms with van der Waals surface area (Å²) in [6.45, 7) is 0. The lowest BCUT2D eigenvalue weighted by Crippen LogP contribution is -2.23. The third kappa shape index (κ3) is 3.05. The fourth-order valence-corrected chi connectivity index (χ4v) is 3.67. The van der Waals surface area contributed by atoms with E-state index in [9.17, 15) is 9.59 Å². The molecule has 0 saturated carbocycles. The molecule has 3 heterocycles. The third-order valence-corrected chi connectivity index (χ3v) is 5.19. The monoisotopic (exact) mass is 419 g/mol. The van der Waals surface area contributed by atoms with Crippen molar-refractivity contribution in [2.75, 3.05) is 5.73 Å². The Hall–Kier alpha value is -3.84.